The number of rotatable bonds is 12. The lowest BCUT2D eigenvalue weighted by atomic mass is 10.1. The van der Waals surface area contributed by atoms with E-state index in [1.54, 1.807) is 0 Å². The molecule has 0 spiro atoms. The van der Waals surface area contributed by atoms with Crippen molar-refractivity contribution in [1.82, 2.24) is 0 Å². The van der Waals surface area contributed by atoms with Gasteiger partial charge in [-0.25, -0.2) is 8.78 Å². The van der Waals surface area contributed by atoms with Crippen LogP contribution < -0.4 is 11.5 Å². The minimum absolute atomic E-state index is 0.0340. The predicted octanol–water partition coefficient (Wildman–Crippen LogP) is 5.22. The lowest BCUT2D eigenvalue weighted by molar-refractivity contribution is -0.145. The first-order chi connectivity index (χ1) is 15.4. The quantitative estimate of drug-likeness (QED) is 0.218. The van der Waals surface area contributed by atoms with Gasteiger partial charge in [-0.2, -0.15) is 0 Å². The summed E-state index contributed by atoms with van der Waals surface area (Å²) >= 11 is 1.53. The van der Waals surface area contributed by atoms with Crippen LogP contribution in [-0.4, -0.2) is 36.8 Å². The summed E-state index contributed by atoms with van der Waals surface area (Å²) in [5.74, 6) is -2.07. The molecule has 3 aromatic rings. The number of alkyl halides is 2. The summed E-state index contributed by atoms with van der Waals surface area (Å²) < 4.78 is 38.9. The van der Waals surface area contributed by atoms with E-state index in [0.29, 0.717) is 12.2 Å². The Hall–Kier alpha value is -2.42. The number of thioether (sulfide) groups is 1. The Bertz CT molecular complexity index is 1010. The van der Waals surface area contributed by atoms with Gasteiger partial charge in [0.2, 0.25) is 5.92 Å². The van der Waals surface area contributed by atoms with Crippen LogP contribution in [-0.2, 0) is 9.53 Å². The van der Waals surface area contributed by atoms with E-state index in [1.165, 1.54) is 11.8 Å². The zero-order valence-electron chi connectivity index (χ0n) is 17.8. The molecule has 1 atom stereocenters. The largest absolute Gasteiger partial charge is 0.464 e. The molecule has 3 rings (SSSR count). The third-order valence-corrected chi connectivity index (χ3v) is 6.07. The van der Waals surface area contributed by atoms with Crippen LogP contribution >= 0.6 is 11.8 Å². The van der Waals surface area contributed by atoms with Crippen LogP contribution in [0.1, 0.15) is 25.7 Å². The van der Waals surface area contributed by atoms with Gasteiger partial charge in [0.15, 0.2) is 0 Å². The Morgan fingerprint density at radius 3 is 2.59 bits per heavy atom. The number of ether oxygens (including phenoxy) is 1. The topological polar surface area (TPSA) is 91.5 Å². The third-order valence-electron chi connectivity index (χ3n) is 4.99. The summed E-state index contributed by atoms with van der Waals surface area (Å²) in [4.78, 5) is 12.4. The van der Waals surface area contributed by atoms with Crippen LogP contribution in [0.5, 0.6) is 0 Å². The molecule has 8 heteroatoms. The minimum Gasteiger partial charge on any atom is -0.464 e. The van der Waals surface area contributed by atoms with Crippen molar-refractivity contribution in [2.24, 2.45) is 11.5 Å². The monoisotopic (exact) mass is 462 g/mol. The molecule has 1 heterocycles. The van der Waals surface area contributed by atoms with E-state index < -0.39 is 17.9 Å². The molecule has 0 bridgehead atoms. The lowest BCUT2D eigenvalue weighted by Crippen LogP contribution is -2.39. The molecule has 1 aromatic heterocycles. The van der Waals surface area contributed by atoms with Crippen LogP contribution in [0.15, 0.2) is 63.9 Å². The Labute approximate surface area is 190 Å². The van der Waals surface area contributed by atoms with Crippen LogP contribution in [0.2, 0.25) is 0 Å². The van der Waals surface area contributed by atoms with Crippen molar-refractivity contribution < 1.29 is 22.7 Å². The first-order valence-corrected chi connectivity index (χ1v) is 11.6. The first kappa shape index (κ1) is 24.2. The van der Waals surface area contributed by atoms with Crippen LogP contribution in [0.4, 0.5) is 8.78 Å². The highest BCUT2D eigenvalue weighted by molar-refractivity contribution is 7.99. The molecule has 0 radical (unpaired) electrons. The normalized spacial score (nSPS) is 12.8. The highest BCUT2D eigenvalue weighted by Crippen LogP contribution is 2.32. The van der Waals surface area contributed by atoms with Gasteiger partial charge in [-0.05, 0) is 42.9 Å². The molecule has 0 saturated carbocycles. The zero-order chi connectivity index (χ0) is 23.0. The van der Waals surface area contributed by atoms with Crippen LogP contribution in [0, 0.1) is 0 Å². The van der Waals surface area contributed by atoms with Crippen molar-refractivity contribution in [3.8, 4) is 11.3 Å². The van der Waals surface area contributed by atoms with Gasteiger partial charge in [-0.3, -0.25) is 4.79 Å². The van der Waals surface area contributed by atoms with E-state index in [-0.39, 0.29) is 32.4 Å². The van der Waals surface area contributed by atoms with E-state index in [4.69, 9.17) is 20.6 Å². The molecule has 0 fully saturated rings. The number of nitrogens with two attached hydrogens (primary N) is 2. The summed E-state index contributed by atoms with van der Waals surface area (Å²) in [6, 6.07) is 16.9. The smallest absolute Gasteiger partial charge is 0.324 e. The Morgan fingerprint density at radius 1 is 1.09 bits per heavy atom. The SMILES string of the molecule is NCC(N)C(=O)OCCCC(F)(F)CCCSc1ccc2cc(-c3ccccc3)oc2c1. The molecule has 0 aliphatic carbocycles. The number of hydrogen-bond donors (Lipinski definition) is 2. The lowest BCUT2D eigenvalue weighted by Gasteiger charge is -2.16. The number of furan rings is 1. The second kappa shape index (κ2) is 11.4. The summed E-state index contributed by atoms with van der Waals surface area (Å²) in [7, 11) is 0. The van der Waals surface area contributed by atoms with Crippen molar-refractivity contribution in [3.05, 3.63) is 54.6 Å². The number of halogens is 2. The van der Waals surface area contributed by atoms with Crippen molar-refractivity contribution in [3.63, 3.8) is 0 Å². The average Bonchev–Trinajstić information content (AvgIpc) is 3.23. The molecule has 32 heavy (non-hydrogen) atoms. The van der Waals surface area contributed by atoms with E-state index in [2.05, 4.69) is 0 Å². The van der Waals surface area contributed by atoms with E-state index in [9.17, 15) is 13.6 Å². The van der Waals surface area contributed by atoms with E-state index >= 15 is 0 Å². The fourth-order valence-electron chi connectivity index (χ4n) is 3.20. The Balaban J connectivity index is 1.41. The molecule has 2 aromatic carbocycles. The van der Waals surface area contributed by atoms with E-state index in [1.807, 2.05) is 54.6 Å². The first-order valence-electron chi connectivity index (χ1n) is 10.6. The molecule has 172 valence electrons. The maximum Gasteiger partial charge on any atom is 0.324 e. The second-order valence-electron chi connectivity index (χ2n) is 7.60. The van der Waals surface area contributed by atoms with Gasteiger partial charge in [-0.1, -0.05) is 30.3 Å². The third kappa shape index (κ3) is 7.05. The van der Waals surface area contributed by atoms with Crippen LogP contribution in [0.3, 0.4) is 0 Å². The van der Waals surface area contributed by atoms with Crippen molar-refractivity contribution in [2.75, 3.05) is 18.9 Å². The van der Waals surface area contributed by atoms with Gasteiger partial charge in [0.25, 0.3) is 0 Å². The van der Waals surface area contributed by atoms with Crippen molar-refractivity contribution in [2.45, 2.75) is 42.5 Å². The highest BCUT2D eigenvalue weighted by Gasteiger charge is 2.27. The van der Waals surface area contributed by atoms with Gasteiger partial charge in [0, 0.05) is 35.2 Å². The van der Waals surface area contributed by atoms with Gasteiger partial charge in [0.05, 0.1) is 6.61 Å². The molecular formula is C24H28F2N2O3S. The van der Waals surface area contributed by atoms with Crippen LogP contribution in [0.25, 0.3) is 22.3 Å². The fourth-order valence-corrected chi connectivity index (χ4v) is 4.08. The maximum atomic E-state index is 14.1. The van der Waals surface area contributed by atoms with Crippen molar-refractivity contribution in [1.29, 1.82) is 0 Å². The average molecular weight is 463 g/mol. The number of esters is 1. The summed E-state index contributed by atoms with van der Waals surface area (Å²) in [5, 5.41) is 1.01. The molecule has 5 nitrogen and oxygen atoms in total. The van der Waals surface area contributed by atoms with Gasteiger partial charge < -0.3 is 20.6 Å². The number of hydrogen-bond acceptors (Lipinski definition) is 6. The molecule has 0 amide bonds. The number of carbonyl (C=O) groups is 1. The molecule has 0 saturated heterocycles. The fraction of sp³-hybridized carbons (Fsp3) is 0.375. The predicted molar refractivity (Wildman–Crippen MR) is 124 cm³/mol. The molecular weight excluding hydrogens is 434 g/mol. The summed E-state index contributed by atoms with van der Waals surface area (Å²) in [5.41, 5.74) is 12.5. The standard InChI is InChI=1S/C24H28F2N2O3S/c25-24(26,10-4-12-30-23(29)20(28)16-27)11-5-13-32-19-9-8-18-14-21(31-22(18)15-19)17-6-2-1-3-7-17/h1-3,6-9,14-15,20H,4-5,10-13,16,27-28H2. The Morgan fingerprint density at radius 2 is 1.84 bits per heavy atom. The minimum atomic E-state index is -2.79. The number of benzene rings is 2. The molecule has 4 N–H and O–H groups in total. The van der Waals surface area contributed by atoms with Gasteiger partial charge >= 0.3 is 5.97 Å². The van der Waals surface area contributed by atoms with Gasteiger partial charge in [0.1, 0.15) is 17.4 Å². The second-order valence-corrected chi connectivity index (χ2v) is 8.77. The molecule has 1 unspecified atom stereocenters. The van der Waals surface area contributed by atoms with Crippen molar-refractivity contribution >= 4 is 28.7 Å². The molecule has 0 aliphatic rings. The highest BCUT2D eigenvalue weighted by atomic mass is 32.2. The number of carbonyl (C=O) groups excluding carboxylic acids is 1. The van der Waals surface area contributed by atoms with E-state index in [0.717, 1.165) is 27.2 Å². The van der Waals surface area contributed by atoms with Gasteiger partial charge in [-0.15, -0.1) is 11.8 Å². The summed E-state index contributed by atoms with van der Waals surface area (Å²) in [6.45, 7) is -0.112. The summed E-state index contributed by atoms with van der Waals surface area (Å²) in [6.07, 6.45) is -0.0795. The Kier molecular flexibility index (Phi) is 8.67. The molecule has 0 aliphatic heterocycles. The number of fused-ring (bicyclic) bond motifs is 1. The zero-order valence-corrected chi connectivity index (χ0v) is 18.6. The maximum absolute atomic E-state index is 14.1.